The van der Waals surface area contributed by atoms with E-state index >= 15 is 0 Å². The number of halogens is 3. The molecule has 4 rings (SSSR count). The van der Waals surface area contributed by atoms with Gasteiger partial charge in [0.2, 0.25) is 0 Å². The molecule has 200 valence electrons. The van der Waals surface area contributed by atoms with E-state index in [4.69, 9.17) is 9.84 Å². The highest BCUT2D eigenvalue weighted by molar-refractivity contribution is 6.03. The van der Waals surface area contributed by atoms with Crippen LogP contribution in [-0.4, -0.2) is 39.7 Å². The van der Waals surface area contributed by atoms with E-state index in [2.05, 4.69) is 20.6 Å². The third-order valence-corrected chi connectivity index (χ3v) is 6.46. The van der Waals surface area contributed by atoms with Crippen molar-refractivity contribution >= 4 is 17.7 Å². The molecule has 1 saturated carbocycles. The summed E-state index contributed by atoms with van der Waals surface area (Å²) in [6, 6.07) is 5.40. The van der Waals surface area contributed by atoms with Gasteiger partial charge >= 0.3 is 6.09 Å². The molecule has 1 aromatic carbocycles. The van der Waals surface area contributed by atoms with Crippen molar-refractivity contribution in [3.63, 3.8) is 0 Å². The van der Waals surface area contributed by atoms with Crippen LogP contribution in [0.3, 0.4) is 0 Å². The van der Waals surface area contributed by atoms with Crippen molar-refractivity contribution in [2.24, 2.45) is 5.92 Å². The normalized spacial score (nSPS) is 19.0. The van der Waals surface area contributed by atoms with E-state index in [0.717, 1.165) is 36.2 Å². The fraction of sp³-hybridized carbons (Fsp3) is 0.333. The minimum atomic E-state index is -1.09. The summed E-state index contributed by atoms with van der Waals surface area (Å²) in [7, 11) is 0. The van der Waals surface area contributed by atoms with Crippen LogP contribution in [0.2, 0.25) is 0 Å². The smallest absolute Gasteiger partial charge is 0.404 e. The molecule has 2 aromatic heterocycles. The van der Waals surface area contributed by atoms with Crippen molar-refractivity contribution in [1.29, 1.82) is 0 Å². The number of carbonyl (C=O) groups excluding carboxylic acids is 1. The molecule has 3 N–H and O–H groups in total. The topological polar surface area (TPSA) is 113 Å². The average molecular weight is 529 g/mol. The second kappa shape index (κ2) is 11.5. The number of hydrogen-bond donors (Lipinski definition) is 3. The molecule has 38 heavy (non-hydrogen) atoms. The van der Waals surface area contributed by atoms with E-state index in [1.807, 2.05) is 6.92 Å². The number of amides is 2. The fourth-order valence-corrected chi connectivity index (χ4v) is 4.97. The molecule has 3 atom stereocenters. The Bertz CT molecular complexity index is 1330. The van der Waals surface area contributed by atoms with Gasteiger partial charge < -0.3 is 20.5 Å². The van der Waals surface area contributed by atoms with E-state index in [1.54, 1.807) is 19.2 Å². The van der Waals surface area contributed by atoms with Crippen molar-refractivity contribution in [2.75, 3.05) is 11.9 Å². The van der Waals surface area contributed by atoms with Gasteiger partial charge in [-0.05, 0) is 61.8 Å². The van der Waals surface area contributed by atoms with E-state index in [0.29, 0.717) is 18.5 Å². The number of anilines is 1. The first-order valence-corrected chi connectivity index (χ1v) is 12.2. The van der Waals surface area contributed by atoms with Crippen molar-refractivity contribution in [1.82, 2.24) is 15.3 Å². The van der Waals surface area contributed by atoms with Gasteiger partial charge in [0.1, 0.15) is 34.6 Å². The molecule has 0 radical (unpaired) electrons. The zero-order valence-electron chi connectivity index (χ0n) is 20.8. The standard InChI is InChI=1S/C27H27F3N4O4/c1-3-38-17-11-20(29)24(21(30)12-17)25-19(28)4-5-22(33-25)26(35)34-23-13-31-7-6-18(23)15-8-14(2)9-16(10-15)32-27(36)37/h4-7,11-16,32H,3,8-10H2,1-2H3,(H,34,35)(H,36,37)/t14-,15+,16-/m0/s1. The number of hydrogen-bond acceptors (Lipinski definition) is 5. The maximum Gasteiger partial charge on any atom is 0.404 e. The maximum atomic E-state index is 14.7. The highest BCUT2D eigenvalue weighted by Crippen LogP contribution is 2.39. The molecule has 1 fully saturated rings. The highest BCUT2D eigenvalue weighted by Gasteiger charge is 2.30. The Morgan fingerprint density at radius 2 is 1.82 bits per heavy atom. The predicted octanol–water partition coefficient (Wildman–Crippen LogP) is 5.75. The lowest BCUT2D eigenvalue weighted by Crippen LogP contribution is -2.39. The summed E-state index contributed by atoms with van der Waals surface area (Å²) in [5.41, 5.74) is -0.465. The average Bonchev–Trinajstić information content (AvgIpc) is 2.84. The Labute approximate surface area is 217 Å². The van der Waals surface area contributed by atoms with Gasteiger partial charge in [-0.15, -0.1) is 0 Å². The molecule has 1 aliphatic rings. The van der Waals surface area contributed by atoms with Gasteiger partial charge in [-0.3, -0.25) is 9.78 Å². The zero-order valence-corrected chi connectivity index (χ0v) is 20.8. The minimum Gasteiger partial charge on any atom is -0.494 e. The summed E-state index contributed by atoms with van der Waals surface area (Å²) in [5.74, 6) is -3.76. The molecule has 1 aliphatic carbocycles. The third kappa shape index (κ3) is 6.04. The van der Waals surface area contributed by atoms with Gasteiger partial charge in [-0.1, -0.05) is 6.92 Å². The van der Waals surface area contributed by atoms with Gasteiger partial charge in [-0.25, -0.2) is 22.9 Å². The first-order chi connectivity index (χ1) is 18.2. The lowest BCUT2D eigenvalue weighted by atomic mass is 9.76. The van der Waals surface area contributed by atoms with Gasteiger partial charge in [-0.2, -0.15) is 0 Å². The summed E-state index contributed by atoms with van der Waals surface area (Å²) in [5, 5.41) is 14.4. The van der Waals surface area contributed by atoms with Crippen LogP contribution in [-0.2, 0) is 0 Å². The Kier molecular flexibility index (Phi) is 8.13. The van der Waals surface area contributed by atoms with Crippen LogP contribution in [0.15, 0.2) is 42.7 Å². The van der Waals surface area contributed by atoms with Gasteiger partial charge in [0.05, 0.1) is 24.1 Å². The Hall–Kier alpha value is -4.15. The predicted molar refractivity (Wildman–Crippen MR) is 134 cm³/mol. The number of benzene rings is 1. The molecule has 2 amide bonds. The fourth-order valence-electron chi connectivity index (χ4n) is 4.97. The molecular formula is C27H27F3N4O4. The monoisotopic (exact) mass is 528 g/mol. The minimum absolute atomic E-state index is 0.0533. The second-order valence-corrected chi connectivity index (χ2v) is 9.29. The molecule has 0 aliphatic heterocycles. The summed E-state index contributed by atoms with van der Waals surface area (Å²) in [4.78, 5) is 32.3. The largest absolute Gasteiger partial charge is 0.494 e. The van der Waals surface area contributed by atoms with Crippen LogP contribution in [0.1, 0.15) is 55.1 Å². The first-order valence-electron chi connectivity index (χ1n) is 12.2. The van der Waals surface area contributed by atoms with Gasteiger partial charge in [0.25, 0.3) is 5.91 Å². The zero-order chi connectivity index (χ0) is 27.4. The highest BCUT2D eigenvalue weighted by atomic mass is 19.1. The number of pyridine rings is 2. The molecule has 8 nitrogen and oxygen atoms in total. The van der Waals surface area contributed by atoms with Crippen LogP contribution < -0.4 is 15.4 Å². The number of carboxylic acid groups (broad SMARTS) is 1. The van der Waals surface area contributed by atoms with Gasteiger partial charge in [0, 0.05) is 24.4 Å². The maximum absolute atomic E-state index is 14.7. The van der Waals surface area contributed by atoms with E-state index in [9.17, 15) is 22.8 Å². The number of carbonyl (C=O) groups is 2. The van der Waals surface area contributed by atoms with Crippen LogP contribution >= 0.6 is 0 Å². The summed E-state index contributed by atoms with van der Waals surface area (Å²) >= 11 is 0. The number of rotatable bonds is 7. The van der Waals surface area contributed by atoms with E-state index < -0.39 is 40.7 Å². The summed E-state index contributed by atoms with van der Waals surface area (Å²) < 4.78 is 49.1. The Morgan fingerprint density at radius 3 is 2.50 bits per heavy atom. The molecule has 0 saturated heterocycles. The molecule has 0 bridgehead atoms. The van der Waals surface area contributed by atoms with Crippen LogP contribution in [0.5, 0.6) is 5.75 Å². The van der Waals surface area contributed by atoms with Crippen molar-refractivity contribution in [3.05, 3.63) is 71.4 Å². The van der Waals surface area contributed by atoms with E-state index in [1.165, 1.54) is 6.20 Å². The number of ether oxygens (including phenoxy) is 1. The van der Waals surface area contributed by atoms with E-state index in [-0.39, 0.29) is 35.9 Å². The second-order valence-electron chi connectivity index (χ2n) is 9.29. The lowest BCUT2D eigenvalue weighted by molar-refractivity contribution is 0.102. The summed E-state index contributed by atoms with van der Waals surface area (Å²) in [6.07, 6.45) is 3.97. The molecule has 3 aromatic rings. The van der Waals surface area contributed by atoms with Crippen LogP contribution in [0.25, 0.3) is 11.3 Å². The third-order valence-electron chi connectivity index (χ3n) is 6.46. The Balaban J connectivity index is 1.61. The van der Waals surface area contributed by atoms with Gasteiger partial charge in [0.15, 0.2) is 0 Å². The SMILES string of the molecule is CCOc1cc(F)c(-c2nc(C(=O)Nc3cnccc3[C@@H]3C[C@H](C)C[C@H](NC(=O)O)C3)ccc2F)c(F)c1. The Morgan fingerprint density at radius 1 is 1.08 bits per heavy atom. The van der Waals surface area contributed by atoms with Crippen LogP contribution in [0.4, 0.5) is 23.7 Å². The summed E-state index contributed by atoms with van der Waals surface area (Å²) in [6.45, 7) is 3.87. The van der Waals surface area contributed by atoms with Crippen molar-refractivity contribution in [3.8, 4) is 17.0 Å². The lowest BCUT2D eigenvalue weighted by Gasteiger charge is -2.34. The first kappa shape index (κ1) is 26.9. The molecule has 0 spiro atoms. The van der Waals surface area contributed by atoms with Crippen molar-refractivity contribution in [2.45, 2.75) is 45.1 Å². The molecule has 11 heteroatoms. The molecular weight excluding hydrogens is 501 g/mol. The number of nitrogens with one attached hydrogen (secondary N) is 2. The van der Waals surface area contributed by atoms with Crippen molar-refractivity contribution < 1.29 is 32.6 Å². The number of aromatic nitrogens is 2. The molecule has 0 unspecified atom stereocenters. The molecule has 2 heterocycles. The van der Waals surface area contributed by atoms with Crippen LogP contribution in [0, 0.1) is 23.4 Å². The quantitative estimate of drug-likeness (QED) is 0.360. The number of nitrogens with zero attached hydrogens (tertiary/aromatic N) is 2.